The molecule has 0 radical (unpaired) electrons. The lowest BCUT2D eigenvalue weighted by Crippen LogP contribution is -2.37. The molecule has 3 rings (SSSR count). The number of amides is 2. The van der Waals surface area contributed by atoms with Gasteiger partial charge in [0.15, 0.2) is 6.10 Å². The molecule has 6 atom stereocenters. The molecule has 12 nitrogen and oxygen atoms in total. The van der Waals surface area contributed by atoms with E-state index in [1.54, 1.807) is 38.0 Å². The number of carbonyl (C=O) groups is 2. The van der Waals surface area contributed by atoms with Crippen molar-refractivity contribution in [2.45, 2.75) is 77.8 Å². The van der Waals surface area contributed by atoms with E-state index in [9.17, 15) is 19.8 Å². The van der Waals surface area contributed by atoms with Crippen LogP contribution < -0.4 is 16.4 Å². The number of rotatable bonds is 3. The summed E-state index contributed by atoms with van der Waals surface area (Å²) >= 11 is 0. The molecule has 0 saturated carbocycles. The van der Waals surface area contributed by atoms with E-state index in [0.29, 0.717) is 59.4 Å². The maximum Gasteiger partial charge on any atom is 0.405 e. The first-order valence-electron chi connectivity index (χ1n) is 14.4. The van der Waals surface area contributed by atoms with E-state index in [4.69, 9.17) is 19.9 Å². The number of phenols is 1. The van der Waals surface area contributed by atoms with E-state index in [2.05, 4.69) is 15.0 Å². The number of methoxy groups -OCH3 is 2. The van der Waals surface area contributed by atoms with Crippen LogP contribution in [0.25, 0.3) is 0 Å². The van der Waals surface area contributed by atoms with E-state index >= 15 is 0 Å². The number of allylic oxidation sites excluding steroid dienone is 1. The average molecular weight is 600 g/mol. The number of phenolic OH excluding ortho intramolecular Hbond substituents is 1. The van der Waals surface area contributed by atoms with E-state index in [0.717, 1.165) is 0 Å². The Morgan fingerprint density at radius 3 is 2.37 bits per heavy atom. The molecule has 43 heavy (non-hydrogen) atoms. The first kappa shape index (κ1) is 33.9. The van der Waals surface area contributed by atoms with E-state index in [1.807, 2.05) is 34.0 Å². The molecule has 2 heterocycles. The maximum absolute atomic E-state index is 13.1. The molecule has 2 bridgehead atoms. The highest BCUT2D eigenvalue weighted by Crippen LogP contribution is 2.27. The van der Waals surface area contributed by atoms with Crippen LogP contribution in [0, 0.1) is 11.8 Å². The molecule has 12 heteroatoms. The first-order chi connectivity index (χ1) is 20.3. The van der Waals surface area contributed by atoms with Crippen molar-refractivity contribution in [2.24, 2.45) is 32.5 Å². The Hall–Kier alpha value is -3.61. The van der Waals surface area contributed by atoms with Gasteiger partial charge < -0.3 is 35.1 Å². The molecule has 2 aliphatic heterocycles. The number of fused-ring (bicyclic) bond motifs is 4. The predicted molar refractivity (Wildman–Crippen MR) is 162 cm³/mol. The number of carbonyl (C=O) groups excluding carboxylic acids is 2. The Morgan fingerprint density at radius 1 is 1.09 bits per heavy atom. The van der Waals surface area contributed by atoms with E-state index in [-0.39, 0.29) is 22.9 Å². The molecule has 4 N–H and O–H groups in total. The summed E-state index contributed by atoms with van der Waals surface area (Å²) in [5.74, 6) is -0.615. The van der Waals surface area contributed by atoms with Gasteiger partial charge in [-0.05, 0) is 57.1 Å². The Morgan fingerprint density at radius 2 is 1.77 bits per heavy atom. The standard InChI is InChI=1S/C31H45N5O7/c1-16-12-20-25-21(34-31(35-25)36(5)6)15-22(27(20)38)33-29(39)17(2)10-9-11-23(41-7)28(43-30(32)40)19(4)14-18(3)26(37)24(13-16)42-8/h10,14-16,18,23-24,26,28,37-38H,9,11-13H2,1-8H3,(H2,32,40)/b17-10+,19-14+,33-22?/t16-,18+,23+,24+,26-,28+/m1/s1. The van der Waals surface area contributed by atoms with Gasteiger partial charge >= 0.3 is 6.09 Å². The smallest absolute Gasteiger partial charge is 0.405 e. The number of nitrogens with two attached hydrogens (primary N) is 1. The summed E-state index contributed by atoms with van der Waals surface area (Å²) in [5, 5.41) is 23.3. The van der Waals surface area contributed by atoms with Gasteiger partial charge in [0.25, 0.3) is 5.91 Å². The number of guanidine groups is 1. The van der Waals surface area contributed by atoms with Crippen molar-refractivity contribution >= 4 is 23.6 Å². The Balaban J connectivity index is 2.15. The number of ether oxygens (including phenoxy) is 3. The number of primary amides is 1. The predicted octanol–water partition coefficient (Wildman–Crippen LogP) is 2.47. The van der Waals surface area contributed by atoms with Crippen LogP contribution in [0.1, 0.15) is 52.5 Å². The molecular formula is C31H45N5O7. The largest absolute Gasteiger partial charge is 0.505 e. The summed E-state index contributed by atoms with van der Waals surface area (Å²) < 4.78 is 16.8. The van der Waals surface area contributed by atoms with Crippen LogP contribution in [-0.4, -0.2) is 85.8 Å². The molecule has 0 saturated heterocycles. The lowest BCUT2D eigenvalue weighted by atomic mass is 9.87. The van der Waals surface area contributed by atoms with Crippen molar-refractivity contribution in [1.82, 2.24) is 4.90 Å². The van der Waals surface area contributed by atoms with Crippen molar-refractivity contribution in [2.75, 3.05) is 28.3 Å². The van der Waals surface area contributed by atoms with Gasteiger partial charge in [-0.1, -0.05) is 26.0 Å². The highest BCUT2D eigenvalue weighted by molar-refractivity contribution is 5.93. The summed E-state index contributed by atoms with van der Waals surface area (Å²) in [4.78, 5) is 40.1. The lowest BCUT2D eigenvalue weighted by Gasteiger charge is -2.30. The minimum atomic E-state index is -0.946. The highest BCUT2D eigenvalue weighted by atomic mass is 16.6. The van der Waals surface area contributed by atoms with Gasteiger partial charge in [0.05, 0.1) is 29.4 Å². The Kier molecular flexibility index (Phi) is 11.6. The summed E-state index contributed by atoms with van der Waals surface area (Å²) in [6, 6.07) is 1.57. The van der Waals surface area contributed by atoms with Crippen LogP contribution in [-0.2, 0) is 25.4 Å². The minimum absolute atomic E-state index is 0.0797. The zero-order valence-electron chi connectivity index (χ0n) is 26.3. The number of aromatic hydroxyl groups is 1. The molecule has 0 fully saturated rings. The van der Waals surface area contributed by atoms with Gasteiger partial charge in [0, 0.05) is 45.4 Å². The zero-order chi connectivity index (χ0) is 32.0. The monoisotopic (exact) mass is 599 g/mol. The first-order valence-corrected chi connectivity index (χ1v) is 14.4. The normalized spacial score (nSPS) is 29.6. The van der Waals surface area contributed by atoms with Crippen molar-refractivity contribution < 1.29 is 34.0 Å². The fourth-order valence-corrected chi connectivity index (χ4v) is 5.49. The Labute approximate surface area is 252 Å². The third kappa shape index (κ3) is 8.27. The van der Waals surface area contributed by atoms with Gasteiger partial charge in [-0.3, -0.25) is 4.79 Å². The summed E-state index contributed by atoms with van der Waals surface area (Å²) in [6.07, 6.45) is 1.45. The SMILES string of the molecule is CO[C@H]1C[C@H](C)Cc2c(O)c(cc3c2=NC(N(C)C)=N3)=NC(=O)/C(C)=C/CC[C@H](OC)[C@@H](OC(N)=O)/C(C)=C/[C@H](C)[C@H]1O. The molecular weight excluding hydrogens is 554 g/mol. The molecule has 236 valence electrons. The molecule has 0 aromatic heterocycles. The summed E-state index contributed by atoms with van der Waals surface area (Å²) in [5.41, 5.74) is 7.48. The van der Waals surface area contributed by atoms with E-state index < -0.39 is 36.4 Å². The van der Waals surface area contributed by atoms with Crippen molar-refractivity contribution in [3.8, 4) is 5.75 Å². The number of aliphatic hydroxyl groups excluding tert-OH is 1. The fourth-order valence-electron chi connectivity index (χ4n) is 5.49. The molecule has 0 aliphatic carbocycles. The quantitative estimate of drug-likeness (QED) is 0.445. The second kappa shape index (κ2) is 14.7. The Bertz CT molecular complexity index is 1420. The van der Waals surface area contributed by atoms with Crippen LogP contribution in [0.2, 0.25) is 0 Å². The molecule has 0 spiro atoms. The molecule has 1 aromatic rings. The molecule has 0 unspecified atom stereocenters. The summed E-state index contributed by atoms with van der Waals surface area (Å²) in [7, 11) is 6.70. The fraction of sp³-hybridized carbons (Fsp3) is 0.581. The van der Waals surface area contributed by atoms with Gasteiger partial charge in [-0.2, -0.15) is 0 Å². The second-order valence-electron chi connectivity index (χ2n) is 11.6. The van der Waals surface area contributed by atoms with Crippen molar-refractivity contribution in [3.63, 3.8) is 0 Å². The molecule has 2 aliphatic rings. The molecule has 1 aromatic carbocycles. The third-order valence-electron chi connectivity index (χ3n) is 7.89. The number of nitrogens with zero attached hydrogens (tertiary/aromatic N) is 4. The number of hydrogen-bond acceptors (Lipinski definition) is 10. The minimum Gasteiger partial charge on any atom is -0.505 e. The van der Waals surface area contributed by atoms with Crippen LogP contribution in [0.5, 0.6) is 5.75 Å². The van der Waals surface area contributed by atoms with Crippen molar-refractivity contribution in [1.29, 1.82) is 0 Å². The number of benzene rings is 1. The van der Waals surface area contributed by atoms with Crippen LogP contribution >= 0.6 is 0 Å². The zero-order valence-corrected chi connectivity index (χ0v) is 26.3. The second-order valence-corrected chi connectivity index (χ2v) is 11.6. The molecule has 2 amide bonds. The maximum atomic E-state index is 13.1. The van der Waals surface area contributed by atoms with Gasteiger partial charge in [0.1, 0.15) is 11.1 Å². The van der Waals surface area contributed by atoms with Crippen LogP contribution in [0.15, 0.2) is 44.3 Å². The summed E-state index contributed by atoms with van der Waals surface area (Å²) in [6.45, 7) is 7.29. The van der Waals surface area contributed by atoms with Gasteiger partial charge in [0.2, 0.25) is 5.96 Å². The highest BCUT2D eigenvalue weighted by Gasteiger charge is 2.30. The van der Waals surface area contributed by atoms with E-state index in [1.165, 1.54) is 7.11 Å². The van der Waals surface area contributed by atoms with Gasteiger partial charge in [-0.25, -0.2) is 19.8 Å². The topological polar surface area (TPSA) is 169 Å². The van der Waals surface area contributed by atoms with Crippen LogP contribution in [0.3, 0.4) is 0 Å². The number of hydrogen-bond donors (Lipinski definition) is 3. The number of aliphatic imine (C=N–C) groups is 1. The van der Waals surface area contributed by atoms with Crippen molar-refractivity contribution in [3.05, 3.63) is 45.6 Å². The van der Waals surface area contributed by atoms with Gasteiger partial charge in [-0.15, -0.1) is 0 Å². The third-order valence-corrected chi connectivity index (χ3v) is 7.89. The number of aliphatic hydroxyl groups is 1. The average Bonchev–Trinajstić information content (AvgIpc) is 3.38. The lowest BCUT2D eigenvalue weighted by molar-refractivity contribution is -0.114. The van der Waals surface area contributed by atoms with Crippen LogP contribution in [0.4, 0.5) is 10.5 Å².